The van der Waals surface area contributed by atoms with Gasteiger partial charge in [-0.15, -0.1) is 11.3 Å². The van der Waals surface area contributed by atoms with E-state index in [0.29, 0.717) is 5.91 Å². The topological polar surface area (TPSA) is 71.0 Å². The van der Waals surface area contributed by atoms with Gasteiger partial charge in [-0.3, -0.25) is 4.79 Å². The number of likely N-dealkylation sites (tertiary alicyclic amines) is 1. The molecule has 1 N–H and O–H groups in total. The lowest BCUT2D eigenvalue weighted by atomic mass is 10.1. The lowest BCUT2D eigenvalue weighted by Gasteiger charge is -2.20. The van der Waals surface area contributed by atoms with Crippen LogP contribution in [-0.2, 0) is 4.79 Å². The minimum atomic E-state index is 0.221. The molecule has 1 saturated heterocycles. The SMILES string of the molecule is Cc1cc(Nc2nc(C)cs2)nc([C@@H]2CCN(C(=O)C3CCCC3)C2)n1. The lowest BCUT2D eigenvalue weighted by Crippen LogP contribution is -2.33. The summed E-state index contributed by atoms with van der Waals surface area (Å²) in [6.07, 6.45) is 5.45. The number of thiazole rings is 1. The van der Waals surface area contributed by atoms with Crippen LogP contribution in [0.1, 0.15) is 55.2 Å². The zero-order valence-corrected chi connectivity index (χ0v) is 16.2. The smallest absolute Gasteiger partial charge is 0.225 e. The Morgan fingerprint density at radius 3 is 2.69 bits per heavy atom. The van der Waals surface area contributed by atoms with Crippen molar-refractivity contribution < 1.29 is 4.79 Å². The molecule has 2 aliphatic rings. The molecule has 1 atom stereocenters. The molecule has 1 amide bonds. The molecule has 26 heavy (non-hydrogen) atoms. The second-order valence-corrected chi connectivity index (χ2v) is 8.28. The monoisotopic (exact) mass is 371 g/mol. The Balaban J connectivity index is 1.46. The summed E-state index contributed by atoms with van der Waals surface area (Å²) in [5.74, 6) is 2.43. The van der Waals surface area contributed by atoms with Crippen LogP contribution in [0.3, 0.4) is 0 Å². The first kappa shape index (κ1) is 17.4. The molecule has 1 saturated carbocycles. The van der Waals surface area contributed by atoms with E-state index >= 15 is 0 Å². The molecule has 0 bridgehead atoms. The summed E-state index contributed by atoms with van der Waals surface area (Å²) >= 11 is 1.57. The van der Waals surface area contributed by atoms with Gasteiger partial charge >= 0.3 is 0 Å². The predicted molar refractivity (Wildman–Crippen MR) is 103 cm³/mol. The molecule has 2 aromatic heterocycles. The summed E-state index contributed by atoms with van der Waals surface area (Å²) in [5.41, 5.74) is 1.94. The fourth-order valence-electron chi connectivity index (χ4n) is 3.96. The van der Waals surface area contributed by atoms with Crippen molar-refractivity contribution in [2.75, 3.05) is 18.4 Å². The zero-order chi connectivity index (χ0) is 18.1. The van der Waals surface area contributed by atoms with E-state index in [2.05, 4.69) is 15.3 Å². The number of hydrogen-bond acceptors (Lipinski definition) is 6. The number of rotatable bonds is 4. The van der Waals surface area contributed by atoms with Gasteiger partial charge in [-0.05, 0) is 33.1 Å². The standard InChI is InChI=1S/C19H25N5OS/c1-12-9-16(23-19-21-13(2)11-26-19)22-17(20-12)15-7-8-24(10-15)18(25)14-5-3-4-6-14/h9,11,14-15H,3-8,10H2,1-2H3,(H,20,21,22,23)/t15-/m1/s1. The normalized spacial score (nSPS) is 20.7. The maximum absolute atomic E-state index is 12.7. The summed E-state index contributed by atoms with van der Waals surface area (Å²) in [6.45, 7) is 5.53. The van der Waals surface area contributed by atoms with Gasteiger partial charge in [-0.25, -0.2) is 15.0 Å². The van der Waals surface area contributed by atoms with Crippen LogP contribution in [0.25, 0.3) is 0 Å². The number of carbonyl (C=O) groups excluding carboxylic acids is 1. The maximum Gasteiger partial charge on any atom is 0.225 e. The van der Waals surface area contributed by atoms with Crippen LogP contribution in [0, 0.1) is 19.8 Å². The van der Waals surface area contributed by atoms with Gasteiger partial charge in [0.25, 0.3) is 0 Å². The first-order valence-electron chi connectivity index (χ1n) is 9.42. The van der Waals surface area contributed by atoms with Gasteiger partial charge in [-0.1, -0.05) is 12.8 Å². The number of nitrogens with zero attached hydrogens (tertiary/aromatic N) is 4. The van der Waals surface area contributed by atoms with Crippen LogP contribution in [0.15, 0.2) is 11.4 Å². The molecule has 2 aromatic rings. The molecule has 1 aliphatic carbocycles. The van der Waals surface area contributed by atoms with Crippen molar-refractivity contribution in [2.24, 2.45) is 5.92 Å². The quantitative estimate of drug-likeness (QED) is 0.885. The molecule has 6 nitrogen and oxygen atoms in total. The number of nitrogens with one attached hydrogen (secondary N) is 1. The maximum atomic E-state index is 12.7. The average molecular weight is 372 g/mol. The Labute approximate surface area is 158 Å². The van der Waals surface area contributed by atoms with Crippen molar-refractivity contribution in [2.45, 2.75) is 51.9 Å². The Kier molecular flexibility index (Phi) is 4.89. The highest BCUT2D eigenvalue weighted by Crippen LogP contribution is 2.32. The van der Waals surface area contributed by atoms with Crippen LogP contribution in [0.2, 0.25) is 0 Å². The van der Waals surface area contributed by atoms with Gasteiger partial charge in [-0.2, -0.15) is 0 Å². The average Bonchev–Trinajstić information content (AvgIpc) is 3.36. The summed E-state index contributed by atoms with van der Waals surface area (Å²) in [6, 6.07) is 1.94. The number of anilines is 2. The van der Waals surface area contributed by atoms with Crippen LogP contribution in [-0.4, -0.2) is 38.8 Å². The third-order valence-corrected chi connectivity index (χ3v) is 6.17. The molecule has 1 aliphatic heterocycles. The van der Waals surface area contributed by atoms with Crippen molar-refractivity contribution in [3.63, 3.8) is 0 Å². The second kappa shape index (κ2) is 7.31. The molecular formula is C19H25N5OS. The molecule has 2 fully saturated rings. The first-order valence-corrected chi connectivity index (χ1v) is 10.3. The largest absolute Gasteiger partial charge is 0.342 e. The van der Waals surface area contributed by atoms with Gasteiger partial charge in [0.05, 0.1) is 5.69 Å². The molecule has 138 valence electrons. The highest BCUT2D eigenvalue weighted by atomic mass is 32.1. The number of carbonyl (C=O) groups is 1. The molecule has 0 radical (unpaired) electrons. The zero-order valence-electron chi connectivity index (χ0n) is 15.4. The Hall–Kier alpha value is -2.02. The molecular weight excluding hydrogens is 346 g/mol. The van der Waals surface area contributed by atoms with Gasteiger partial charge < -0.3 is 10.2 Å². The summed E-state index contributed by atoms with van der Waals surface area (Å²) < 4.78 is 0. The summed E-state index contributed by atoms with van der Waals surface area (Å²) in [4.78, 5) is 28.5. The van der Waals surface area contributed by atoms with Crippen LogP contribution >= 0.6 is 11.3 Å². The van der Waals surface area contributed by atoms with Crippen molar-refractivity contribution >= 4 is 28.2 Å². The molecule has 0 aromatic carbocycles. The fraction of sp³-hybridized carbons (Fsp3) is 0.579. The van der Waals surface area contributed by atoms with E-state index in [1.54, 1.807) is 11.3 Å². The third-order valence-electron chi connectivity index (χ3n) is 5.30. The fourth-order valence-corrected chi connectivity index (χ4v) is 4.66. The number of amides is 1. The van der Waals surface area contributed by atoms with E-state index in [1.807, 2.05) is 30.2 Å². The van der Waals surface area contributed by atoms with E-state index in [0.717, 1.165) is 60.5 Å². The van der Waals surface area contributed by atoms with Crippen LogP contribution in [0.5, 0.6) is 0 Å². The van der Waals surface area contributed by atoms with E-state index < -0.39 is 0 Å². The van der Waals surface area contributed by atoms with Gasteiger partial charge in [0.2, 0.25) is 5.91 Å². The highest BCUT2D eigenvalue weighted by Gasteiger charge is 2.34. The van der Waals surface area contributed by atoms with Crippen molar-refractivity contribution in [1.29, 1.82) is 0 Å². The second-order valence-electron chi connectivity index (χ2n) is 7.42. The van der Waals surface area contributed by atoms with Crippen LogP contribution < -0.4 is 5.32 Å². The molecule has 0 unspecified atom stereocenters. The van der Waals surface area contributed by atoms with E-state index in [-0.39, 0.29) is 11.8 Å². The van der Waals surface area contributed by atoms with Crippen molar-refractivity contribution in [3.8, 4) is 0 Å². The summed E-state index contributed by atoms with van der Waals surface area (Å²) in [7, 11) is 0. The third kappa shape index (κ3) is 3.72. The molecule has 0 spiro atoms. The Morgan fingerprint density at radius 2 is 1.96 bits per heavy atom. The molecule has 3 heterocycles. The van der Waals surface area contributed by atoms with Gasteiger partial charge in [0.15, 0.2) is 5.13 Å². The summed E-state index contributed by atoms with van der Waals surface area (Å²) in [5, 5.41) is 6.14. The predicted octanol–water partition coefficient (Wildman–Crippen LogP) is 3.80. The lowest BCUT2D eigenvalue weighted by molar-refractivity contribution is -0.134. The van der Waals surface area contributed by atoms with E-state index in [1.165, 1.54) is 12.8 Å². The number of hydrogen-bond donors (Lipinski definition) is 1. The van der Waals surface area contributed by atoms with Crippen molar-refractivity contribution in [1.82, 2.24) is 19.9 Å². The van der Waals surface area contributed by atoms with Gasteiger partial charge in [0.1, 0.15) is 11.6 Å². The Morgan fingerprint density at radius 1 is 1.15 bits per heavy atom. The van der Waals surface area contributed by atoms with E-state index in [4.69, 9.17) is 4.98 Å². The highest BCUT2D eigenvalue weighted by molar-refractivity contribution is 7.13. The van der Waals surface area contributed by atoms with Gasteiger partial charge in [0, 0.05) is 42.1 Å². The number of aromatic nitrogens is 3. The van der Waals surface area contributed by atoms with Crippen LogP contribution in [0.4, 0.5) is 10.9 Å². The van der Waals surface area contributed by atoms with E-state index in [9.17, 15) is 4.79 Å². The van der Waals surface area contributed by atoms with Crippen molar-refractivity contribution in [3.05, 3.63) is 28.7 Å². The Bertz CT molecular complexity index is 799. The number of aryl methyl sites for hydroxylation is 2. The first-order chi connectivity index (χ1) is 12.6. The molecule has 4 rings (SSSR count). The minimum Gasteiger partial charge on any atom is -0.342 e. The molecule has 7 heteroatoms. The minimum absolute atomic E-state index is 0.221.